The van der Waals surface area contributed by atoms with Crippen molar-refractivity contribution in [3.05, 3.63) is 59.7 Å². The van der Waals surface area contributed by atoms with Gasteiger partial charge in [-0.2, -0.15) is 0 Å². The number of methoxy groups -OCH3 is 1. The van der Waals surface area contributed by atoms with Crippen molar-refractivity contribution in [2.45, 2.75) is 19.9 Å². The number of hydrogen-bond donors (Lipinski definition) is 1. The summed E-state index contributed by atoms with van der Waals surface area (Å²) in [4.78, 5) is 11.8. The molecule has 2 rings (SSSR count). The molecule has 0 aromatic heterocycles. The van der Waals surface area contributed by atoms with Crippen LogP contribution in [0.3, 0.4) is 0 Å². The summed E-state index contributed by atoms with van der Waals surface area (Å²) in [5.41, 5.74) is 2.18. The van der Waals surface area contributed by atoms with Gasteiger partial charge in [-0.05, 0) is 35.7 Å². The van der Waals surface area contributed by atoms with Crippen LogP contribution < -0.4 is 14.8 Å². The Morgan fingerprint density at radius 1 is 1.14 bits per heavy atom. The molecule has 0 aliphatic carbocycles. The minimum Gasteiger partial charge on any atom is -0.496 e. The fourth-order valence-corrected chi connectivity index (χ4v) is 2.14. The van der Waals surface area contributed by atoms with Crippen LogP contribution in [0.2, 0.25) is 0 Å². The predicted molar refractivity (Wildman–Crippen MR) is 86.2 cm³/mol. The van der Waals surface area contributed by atoms with Gasteiger partial charge in [-0.15, -0.1) is 0 Å². The average molecular weight is 299 g/mol. The van der Waals surface area contributed by atoms with E-state index in [1.165, 1.54) is 0 Å². The molecule has 0 spiro atoms. The zero-order valence-electron chi connectivity index (χ0n) is 13.0. The SMILES string of the molecule is CCc1cc(CNC(=O)COc2ccccc2)ccc1OC. The summed E-state index contributed by atoms with van der Waals surface area (Å²) in [5.74, 6) is 1.43. The first-order chi connectivity index (χ1) is 10.7. The van der Waals surface area contributed by atoms with E-state index in [0.29, 0.717) is 12.3 Å². The van der Waals surface area contributed by atoms with Gasteiger partial charge >= 0.3 is 0 Å². The molecule has 0 saturated carbocycles. The molecule has 0 unspecified atom stereocenters. The number of hydrogen-bond acceptors (Lipinski definition) is 3. The second kappa shape index (κ2) is 8.08. The van der Waals surface area contributed by atoms with Crippen molar-refractivity contribution >= 4 is 5.91 Å². The maximum absolute atomic E-state index is 11.8. The number of carbonyl (C=O) groups is 1. The van der Waals surface area contributed by atoms with E-state index in [2.05, 4.69) is 18.3 Å². The summed E-state index contributed by atoms with van der Waals surface area (Å²) in [6.07, 6.45) is 0.891. The van der Waals surface area contributed by atoms with Gasteiger partial charge in [0.15, 0.2) is 6.61 Å². The second-order valence-corrected chi connectivity index (χ2v) is 4.88. The molecule has 116 valence electrons. The van der Waals surface area contributed by atoms with Gasteiger partial charge in [0.1, 0.15) is 11.5 Å². The molecule has 2 aromatic rings. The van der Waals surface area contributed by atoms with Gasteiger partial charge in [-0.25, -0.2) is 0 Å². The zero-order valence-corrected chi connectivity index (χ0v) is 13.0. The summed E-state index contributed by atoms with van der Waals surface area (Å²) in [5, 5.41) is 2.85. The molecule has 0 aliphatic heterocycles. The van der Waals surface area contributed by atoms with Crippen LogP contribution in [0.4, 0.5) is 0 Å². The molecule has 4 nitrogen and oxygen atoms in total. The van der Waals surface area contributed by atoms with Crippen LogP contribution in [-0.2, 0) is 17.8 Å². The monoisotopic (exact) mass is 299 g/mol. The normalized spacial score (nSPS) is 10.1. The number of carbonyl (C=O) groups excluding carboxylic acids is 1. The van der Waals surface area contributed by atoms with E-state index in [1.807, 2.05) is 42.5 Å². The minimum absolute atomic E-state index is 0.0147. The van der Waals surface area contributed by atoms with Crippen LogP contribution in [-0.4, -0.2) is 19.6 Å². The summed E-state index contributed by atoms with van der Waals surface area (Å²) in [6.45, 7) is 2.57. The Morgan fingerprint density at radius 3 is 2.59 bits per heavy atom. The first kappa shape index (κ1) is 15.9. The first-order valence-electron chi connectivity index (χ1n) is 7.33. The van der Waals surface area contributed by atoms with E-state index in [4.69, 9.17) is 9.47 Å². The molecule has 0 atom stereocenters. The fourth-order valence-electron chi connectivity index (χ4n) is 2.14. The Morgan fingerprint density at radius 2 is 1.91 bits per heavy atom. The number of aryl methyl sites for hydroxylation is 1. The van der Waals surface area contributed by atoms with Gasteiger partial charge in [-0.1, -0.05) is 37.3 Å². The fraction of sp³-hybridized carbons (Fsp3) is 0.278. The van der Waals surface area contributed by atoms with Crippen molar-refractivity contribution in [2.24, 2.45) is 0 Å². The maximum Gasteiger partial charge on any atom is 0.258 e. The van der Waals surface area contributed by atoms with Crippen LogP contribution in [0.15, 0.2) is 48.5 Å². The molecular weight excluding hydrogens is 278 g/mol. The van der Waals surface area contributed by atoms with Crippen molar-refractivity contribution in [3.8, 4) is 11.5 Å². The van der Waals surface area contributed by atoms with E-state index < -0.39 is 0 Å². The molecule has 22 heavy (non-hydrogen) atoms. The van der Waals surface area contributed by atoms with Gasteiger partial charge in [0.05, 0.1) is 7.11 Å². The Bertz CT molecular complexity index is 611. The lowest BCUT2D eigenvalue weighted by atomic mass is 10.1. The van der Waals surface area contributed by atoms with Gasteiger partial charge in [0.25, 0.3) is 5.91 Å². The lowest BCUT2D eigenvalue weighted by molar-refractivity contribution is -0.123. The highest BCUT2D eigenvalue weighted by Crippen LogP contribution is 2.20. The summed E-state index contributed by atoms with van der Waals surface area (Å²) >= 11 is 0. The number of benzene rings is 2. The van der Waals surface area contributed by atoms with Crippen molar-refractivity contribution in [1.82, 2.24) is 5.32 Å². The number of amides is 1. The molecule has 1 amide bonds. The highest BCUT2D eigenvalue weighted by atomic mass is 16.5. The van der Waals surface area contributed by atoms with Gasteiger partial charge < -0.3 is 14.8 Å². The van der Waals surface area contributed by atoms with E-state index >= 15 is 0 Å². The van der Waals surface area contributed by atoms with E-state index in [9.17, 15) is 4.79 Å². The van der Waals surface area contributed by atoms with E-state index in [1.54, 1.807) is 7.11 Å². The quantitative estimate of drug-likeness (QED) is 0.855. The Kier molecular flexibility index (Phi) is 5.83. The molecule has 0 radical (unpaired) electrons. The number of nitrogens with one attached hydrogen (secondary N) is 1. The number of rotatable bonds is 7. The topological polar surface area (TPSA) is 47.6 Å². The molecule has 4 heteroatoms. The minimum atomic E-state index is -0.141. The molecule has 0 saturated heterocycles. The highest BCUT2D eigenvalue weighted by molar-refractivity contribution is 5.77. The molecule has 0 fully saturated rings. The van der Waals surface area contributed by atoms with Crippen molar-refractivity contribution in [3.63, 3.8) is 0 Å². The summed E-state index contributed by atoms with van der Waals surface area (Å²) in [7, 11) is 1.66. The number of para-hydroxylation sites is 1. The van der Waals surface area contributed by atoms with Crippen LogP contribution in [0.25, 0.3) is 0 Å². The first-order valence-corrected chi connectivity index (χ1v) is 7.33. The van der Waals surface area contributed by atoms with Gasteiger partial charge in [0.2, 0.25) is 0 Å². The highest BCUT2D eigenvalue weighted by Gasteiger charge is 2.05. The van der Waals surface area contributed by atoms with Crippen LogP contribution >= 0.6 is 0 Å². The molecule has 0 aliphatic rings. The smallest absolute Gasteiger partial charge is 0.258 e. The third-order valence-electron chi connectivity index (χ3n) is 3.33. The predicted octanol–water partition coefficient (Wildman–Crippen LogP) is 2.95. The van der Waals surface area contributed by atoms with Crippen LogP contribution in [0.5, 0.6) is 11.5 Å². The third-order valence-corrected chi connectivity index (χ3v) is 3.33. The average Bonchev–Trinajstić information content (AvgIpc) is 2.58. The maximum atomic E-state index is 11.8. The van der Waals surface area contributed by atoms with Crippen LogP contribution in [0, 0.1) is 0 Å². The summed E-state index contributed by atoms with van der Waals surface area (Å²) < 4.78 is 10.7. The molecule has 0 bridgehead atoms. The zero-order chi connectivity index (χ0) is 15.8. The molecule has 2 aromatic carbocycles. The summed E-state index contributed by atoms with van der Waals surface area (Å²) in [6, 6.07) is 15.2. The Hall–Kier alpha value is -2.49. The standard InChI is InChI=1S/C18H21NO3/c1-3-15-11-14(9-10-17(15)21-2)12-19-18(20)13-22-16-7-5-4-6-8-16/h4-11H,3,12-13H2,1-2H3,(H,19,20). The molecule has 1 N–H and O–H groups in total. The lowest BCUT2D eigenvalue weighted by Gasteiger charge is -2.10. The number of ether oxygens (including phenoxy) is 2. The van der Waals surface area contributed by atoms with Gasteiger partial charge in [0, 0.05) is 6.54 Å². The van der Waals surface area contributed by atoms with Crippen molar-refractivity contribution < 1.29 is 14.3 Å². The Labute approximate surface area is 131 Å². The molecular formula is C18H21NO3. The van der Waals surface area contributed by atoms with E-state index in [-0.39, 0.29) is 12.5 Å². The largest absolute Gasteiger partial charge is 0.496 e. The van der Waals surface area contributed by atoms with Crippen molar-refractivity contribution in [2.75, 3.05) is 13.7 Å². The van der Waals surface area contributed by atoms with Crippen LogP contribution in [0.1, 0.15) is 18.1 Å². The lowest BCUT2D eigenvalue weighted by Crippen LogP contribution is -2.28. The third kappa shape index (κ3) is 4.52. The van der Waals surface area contributed by atoms with Crippen molar-refractivity contribution in [1.29, 1.82) is 0 Å². The van der Waals surface area contributed by atoms with E-state index in [0.717, 1.165) is 23.3 Å². The van der Waals surface area contributed by atoms with Gasteiger partial charge in [-0.3, -0.25) is 4.79 Å². The second-order valence-electron chi connectivity index (χ2n) is 4.88. The Balaban J connectivity index is 1.83. The molecule has 0 heterocycles.